The van der Waals surface area contributed by atoms with E-state index in [9.17, 15) is 8.42 Å². The van der Waals surface area contributed by atoms with Gasteiger partial charge in [0.15, 0.2) is 0 Å². The van der Waals surface area contributed by atoms with E-state index in [1.54, 1.807) is 4.31 Å². The van der Waals surface area contributed by atoms with Crippen molar-refractivity contribution in [1.29, 1.82) is 0 Å². The van der Waals surface area contributed by atoms with E-state index < -0.39 is 10.0 Å². The molecule has 4 unspecified atom stereocenters. The highest BCUT2D eigenvalue weighted by molar-refractivity contribution is 7.88. The van der Waals surface area contributed by atoms with E-state index in [1.807, 2.05) is 0 Å². The standard InChI is InChI=1S/C16H30N2O2S/c1-17-12-16(9-13-5-6-15(16)8-13)10-14-4-3-7-18(11-14)21(2,19)20/h13-15,17H,3-12H2,1-2H3. The maximum absolute atomic E-state index is 11.8. The van der Waals surface area contributed by atoms with Gasteiger partial charge in [0.2, 0.25) is 10.0 Å². The quantitative estimate of drug-likeness (QED) is 0.845. The summed E-state index contributed by atoms with van der Waals surface area (Å²) in [5.74, 6) is 2.38. The van der Waals surface area contributed by atoms with Gasteiger partial charge in [0.25, 0.3) is 0 Å². The van der Waals surface area contributed by atoms with Gasteiger partial charge in [0.05, 0.1) is 6.26 Å². The molecule has 3 rings (SSSR count). The summed E-state index contributed by atoms with van der Waals surface area (Å²) in [4.78, 5) is 0. The molecule has 0 aromatic carbocycles. The highest BCUT2D eigenvalue weighted by Gasteiger charge is 2.51. The molecule has 122 valence electrons. The van der Waals surface area contributed by atoms with Crippen molar-refractivity contribution >= 4 is 10.0 Å². The van der Waals surface area contributed by atoms with Crippen molar-refractivity contribution in [2.45, 2.75) is 44.9 Å². The lowest BCUT2D eigenvalue weighted by Crippen LogP contribution is -2.44. The Bertz CT molecular complexity index is 479. The fraction of sp³-hybridized carbons (Fsp3) is 1.00. The van der Waals surface area contributed by atoms with E-state index in [1.165, 1.54) is 44.8 Å². The fourth-order valence-corrected chi connectivity index (χ4v) is 6.46. The average molecular weight is 314 g/mol. The first-order valence-electron chi connectivity index (χ1n) is 8.53. The Hall–Kier alpha value is -0.130. The van der Waals surface area contributed by atoms with Gasteiger partial charge in [-0.3, -0.25) is 0 Å². The zero-order chi connectivity index (χ0) is 15.1. The molecular formula is C16H30N2O2S. The Balaban J connectivity index is 1.69. The fourth-order valence-electron chi connectivity index (χ4n) is 5.52. The van der Waals surface area contributed by atoms with Gasteiger partial charge in [-0.15, -0.1) is 0 Å². The second kappa shape index (κ2) is 5.82. The van der Waals surface area contributed by atoms with E-state index in [0.717, 1.165) is 37.9 Å². The first kappa shape index (κ1) is 15.8. The molecule has 0 spiro atoms. The summed E-state index contributed by atoms with van der Waals surface area (Å²) < 4.78 is 25.3. The van der Waals surface area contributed by atoms with Crippen molar-refractivity contribution in [3.05, 3.63) is 0 Å². The Labute approximate surface area is 129 Å². The van der Waals surface area contributed by atoms with Crippen LogP contribution in [-0.2, 0) is 10.0 Å². The van der Waals surface area contributed by atoms with Gasteiger partial charge >= 0.3 is 0 Å². The molecule has 1 aliphatic heterocycles. The molecule has 1 heterocycles. The van der Waals surface area contributed by atoms with E-state index in [0.29, 0.717) is 11.3 Å². The predicted octanol–water partition coefficient (Wildman–Crippen LogP) is 2.07. The third-order valence-electron chi connectivity index (χ3n) is 6.28. The van der Waals surface area contributed by atoms with E-state index in [4.69, 9.17) is 0 Å². The van der Waals surface area contributed by atoms with Gasteiger partial charge in [-0.25, -0.2) is 12.7 Å². The molecule has 3 aliphatic rings. The van der Waals surface area contributed by atoms with Crippen molar-refractivity contribution < 1.29 is 8.42 Å². The van der Waals surface area contributed by atoms with Crippen LogP contribution < -0.4 is 5.32 Å². The molecule has 1 saturated heterocycles. The Morgan fingerprint density at radius 2 is 2.10 bits per heavy atom. The molecule has 0 aromatic rings. The molecule has 1 N–H and O–H groups in total. The summed E-state index contributed by atoms with van der Waals surface area (Å²) >= 11 is 0. The van der Waals surface area contributed by atoms with E-state index in [-0.39, 0.29) is 0 Å². The minimum absolute atomic E-state index is 0.447. The summed E-state index contributed by atoms with van der Waals surface area (Å²) in [6, 6.07) is 0. The van der Waals surface area contributed by atoms with Crippen molar-refractivity contribution in [1.82, 2.24) is 9.62 Å². The monoisotopic (exact) mass is 314 g/mol. The molecule has 2 saturated carbocycles. The van der Waals surface area contributed by atoms with Gasteiger partial charge in [0.1, 0.15) is 0 Å². The van der Waals surface area contributed by atoms with Crippen LogP contribution in [0.15, 0.2) is 0 Å². The number of nitrogens with zero attached hydrogens (tertiary/aromatic N) is 1. The van der Waals surface area contributed by atoms with Crippen molar-refractivity contribution in [3.8, 4) is 0 Å². The number of nitrogens with one attached hydrogen (secondary N) is 1. The Kier molecular flexibility index (Phi) is 4.37. The zero-order valence-electron chi connectivity index (χ0n) is 13.5. The second-order valence-corrected chi connectivity index (χ2v) is 9.79. The lowest BCUT2D eigenvalue weighted by atomic mass is 9.67. The van der Waals surface area contributed by atoms with Gasteiger partial charge < -0.3 is 5.32 Å². The smallest absolute Gasteiger partial charge is 0.211 e. The van der Waals surface area contributed by atoms with Crippen molar-refractivity contribution in [2.24, 2.45) is 23.2 Å². The molecule has 2 aliphatic carbocycles. The van der Waals surface area contributed by atoms with E-state index in [2.05, 4.69) is 12.4 Å². The lowest BCUT2D eigenvalue weighted by Gasteiger charge is -2.42. The molecule has 3 fully saturated rings. The van der Waals surface area contributed by atoms with Gasteiger partial charge in [0, 0.05) is 19.6 Å². The topological polar surface area (TPSA) is 49.4 Å². The number of fused-ring (bicyclic) bond motifs is 2. The van der Waals surface area contributed by atoms with Crippen LogP contribution in [0.3, 0.4) is 0 Å². The molecule has 0 radical (unpaired) electrons. The SMILES string of the molecule is CNCC1(CC2CCCN(S(C)(=O)=O)C2)CC2CCC1C2. The third kappa shape index (κ3) is 3.15. The van der Waals surface area contributed by atoms with Gasteiger partial charge in [-0.1, -0.05) is 6.42 Å². The highest BCUT2D eigenvalue weighted by Crippen LogP contribution is 2.58. The summed E-state index contributed by atoms with van der Waals surface area (Å²) in [5, 5.41) is 3.43. The number of rotatable bonds is 5. The minimum atomic E-state index is -3.02. The Morgan fingerprint density at radius 1 is 1.29 bits per heavy atom. The maximum Gasteiger partial charge on any atom is 0.211 e. The lowest BCUT2D eigenvalue weighted by molar-refractivity contribution is 0.0976. The van der Waals surface area contributed by atoms with Crippen LogP contribution in [0, 0.1) is 23.2 Å². The molecule has 4 nitrogen and oxygen atoms in total. The molecule has 2 bridgehead atoms. The molecular weight excluding hydrogens is 284 g/mol. The molecule has 0 aromatic heterocycles. The minimum Gasteiger partial charge on any atom is -0.319 e. The molecule has 0 amide bonds. The predicted molar refractivity (Wildman–Crippen MR) is 85.6 cm³/mol. The van der Waals surface area contributed by atoms with Gasteiger partial charge in [-0.05, 0) is 68.7 Å². The second-order valence-electron chi connectivity index (χ2n) is 7.81. The van der Waals surface area contributed by atoms with Crippen LogP contribution in [0.5, 0.6) is 0 Å². The number of piperidine rings is 1. The molecule has 5 heteroatoms. The summed E-state index contributed by atoms with van der Waals surface area (Å²) in [7, 11) is -0.950. The summed E-state index contributed by atoms with van der Waals surface area (Å²) in [5.41, 5.74) is 0.447. The van der Waals surface area contributed by atoms with E-state index >= 15 is 0 Å². The first-order valence-corrected chi connectivity index (χ1v) is 10.4. The first-order chi connectivity index (χ1) is 9.93. The molecule has 21 heavy (non-hydrogen) atoms. The van der Waals surface area contributed by atoms with Crippen molar-refractivity contribution in [3.63, 3.8) is 0 Å². The number of sulfonamides is 1. The number of hydrogen-bond donors (Lipinski definition) is 1. The largest absolute Gasteiger partial charge is 0.319 e. The summed E-state index contributed by atoms with van der Waals surface area (Å²) in [6.07, 6.45) is 10.4. The average Bonchev–Trinajstić information content (AvgIpc) is 2.99. The Morgan fingerprint density at radius 3 is 2.67 bits per heavy atom. The van der Waals surface area contributed by atoms with Crippen LogP contribution >= 0.6 is 0 Å². The maximum atomic E-state index is 11.8. The third-order valence-corrected chi connectivity index (χ3v) is 7.55. The van der Waals surface area contributed by atoms with Gasteiger partial charge in [-0.2, -0.15) is 0 Å². The van der Waals surface area contributed by atoms with Crippen LogP contribution in [0.1, 0.15) is 44.9 Å². The van der Waals surface area contributed by atoms with Crippen LogP contribution in [0.25, 0.3) is 0 Å². The van der Waals surface area contributed by atoms with Crippen LogP contribution in [0.4, 0.5) is 0 Å². The molecule has 4 atom stereocenters. The normalized spacial score (nSPS) is 40.8. The number of hydrogen-bond acceptors (Lipinski definition) is 3. The van der Waals surface area contributed by atoms with Crippen molar-refractivity contribution in [2.75, 3.05) is 32.9 Å². The zero-order valence-corrected chi connectivity index (χ0v) is 14.3. The van der Waals surface area contributed by atoms with Crippen LogP contribution in [-0.4, -0.2) is 45.7 Å². The van der Waals surface area contributed by atoms with Crippen LogP contribution in [0.2, 0.25) is 0 Å². The summed E-state index contributed by atoms with van der Waals surface area (Å²) in [6.45, 7) is 2.59. The highest BCUT2D eigenvalue weighted by atomic mass is 32.2.